The first-order valence-corrected chi connectivity index (χ1v) is 13.9. The number of aromatic amines is 2. The van der Waals surface area contributed by atoms with Crippen LogP contribution in [0.4, 0.5) is 0 Å². The van der Waals surface area contributed by atoms with E-state index in [-0.39, 0.29) is 0 Å². The summed E-state index contributed by atoms with van der Waals surface area (Å²) in [6.45, 7) is 3.78. The lowest BCUT2D eigenvalue weighted by Gasteiger charge is -2.08. The van der Waals surface area contributed by atoms with E-state index in [1.165, 1.54) is 31.8 Å². The quantitative estimate of drug-likeness (QED) is 0.197. The molecule has 7 rings (SSSR count). The summed E-state index contributed by atoms with van der Waals surface area (Å²) >= 11 is 1.82. The Morgan fingerprint density at radius 2 is 1.62 bits per heavy atom. The summed E-state index contributed by atoms with van der Waals surface area (Å²) in [4.78, 5) is 11.2. The third kappa shape index (κ3) is 4.65. The highest BCUT2D eigenvalue weighted by Gasteiger charge is 2.16. The van der Waals surface area contributed by atoms with Gasteiger partial charge in [-0.15, -0.1) is 11.3 Å². The Hall–Kier alpha value is -4.52. The van der Waals surface area contributed by atoms with E-state index in [2.05, 4.69) is 124 Å². The van der Waals surface area contributed by atoms with Crippen LogP contribution in [0.3, 0.4) is 0 Å². The first-order chi connectivity index (χ1) is 19.2. The molecule has 0 saturated heterocycles. The minimum absolute atomic E-state index is 0.795. The maximum absolute atomic E-state index is 5.07. The summed E-state index contributed by atoms with van der Waals surface area (Å²) in [5.41, 5.74) is 10.4. The van der Waals surface area contributed by atoms with Crippen molar-refractivity contribution in [3.05, 3.63) is 119 Å². The van der Waals surface area contributed by atoms with Crippen LogP contribution in [0.2, 0.25) is 0 Å². The lowest BCUT2D eigenvalue weighted by molar-refractivity contribution is 0.693. The van der Waals surface area contributed by atoms with Gasteiger partial charge in [-0.25, -0.2) is 4.98 Å². The van der Waals surface area contributed by atoms with Crippen LogP contribution < -0.4 is 5.32 Å². The highest BCUT2D eigenvalue weighted by Crippen LogP contribution is 2.36. The van der Waals surface area contributed by atoms with Gasteiger partial charge in [0.1, 0.15) is 11.2 Å². The van der Waals surface area contributed by atoms with Crippen LogP contribution in [0.15, 0.2) is 103 Å². The Balaban J connectivity index is 1.20. The zero-order chi connectivity index (χ0) is 26.2. The van der Waals surface area contributed by atoms with Gasteiger partial charge in [-0.1, -0.05) is 60.7 Å². The number of nitrogens with one attached hydrogen (secondary N) is 3. The van der Waals surface area contributed by atoms with Crippen LogP contribution in [-0.2, 0) is 13.1 Å². The molecule has 0 amide bonds. The van der Waals surface area contributed by atoms with E-state index in [0.29, 0.717) is 0 Å². The van der Waals surface area contributed by atoms with E-state index in [1.807, 2.05) is 17.4 Å². The number of benzene rings is 3. The summed E-state index contributed by atoms with van der Waals surface area (Å²) in [6, 6.07) is 36.2. The number of nitrogens with zero attached hydrogens (tertiary/aromatic N) is 2. The normalized spacial score (nSPS) is 11.5. The molecule has 0 spiro atoms. The smallest absolute Gasteiger partial charge is 0.135 e. The Morgan fingerprint density at radius 1 is 0.769 bits per heavy atom. The molecule has 4 heterocycles. The fourth-order valence-electron chi connectivity index (χ4n) is 5.11. The number of pyridine rings is 1. The molecule has 0 aliphatic carbocycles. The van der Waals surface area contributed by atoms with Gasteiger partial charge in [-0.2, -0.15) is 5.10 Å². The molecule has 0 aliphatic heterocycles. The molecule has 0 fully saturated rings. The molecule has 0 aliphatic rings. The highest BCUT2D eigenvalue weighted by molar-refractivity contribution is 7.15. The van der Waals surface area contributed by atoms with Gasteiger partial charge in [-0.05, 0) is 60.5 Å². The molecule has 190 valence electrons. The molecule has 39 heavy (non-hydrogen) atoms. The lowest BCUT2D eigenvalue weighted by Crippen LogP contribution is -2.12. The van der Waals surface area contributed by atoms with E-state index in [4.69, 9.17) is 4.98 Å². The Morgan fingerprint density at radius 3 is 2.49 bits per heavy atom. The molecule has 0 saturated carbocycles. The summed E-state index contributed by atoms with van der Waals surface area (Å²) in [5.74, 6) is 0. The van der Waals surface area contributed by atoms with Crippen molar-refractivity contribution in [1.82, 2.24) is 25.5 Å². The third-order valence-electron chi connectivity index (χ3n) is 7.06. The SMILES string of the molecule is Cc1ccc(-c2cccc3[nH]c(-c4n[nH]c5ccc(-c6cccc(CNCc7ccccc7)c6)nc45)cc23)s1. The fourth-order valence-corrected chi connectivity index (χ4v) is 6.02. The molecular weight excluding hydrogens is 498 g/mol. The Labute approximate surface area is 230 Å². The lowest BCUT2D eigenvalue weighted by atomic mass is 10.1. The van der Waals surface area contributed by atoms with E-state index < -0.39 is 0 Å². The predicted molar refractivity (Wildman–Crippen MR) is 162 cm³/mol. The van der Waals surface area contributed by atoms with Crippen molar-refractivity contribution in [2.75, 3.05) is 0 Å². The number of hydrogen-bond acceptors (Lipinski definition) is 4. The first kappa shape index (κ1) is 23.6. The van der Waals surface area contributed by atoms with Gasteiger partial charge in [-0.3, -0.25) is 5.10 Å². The topological polar surface area (TPSA) is 69.4 Å². The van der Waals surface area contributed by atoms with Crippen molar-refractivity contribution in [1.29, 1.82) is 0 Å². The van der Waals surface area contributed by atoms with Crippen LogP contribution >= 0.6 is 11.3 Å². The molecule has 0 bridgehead atoms. The molecule has 0 atom stereocenters. The number of rotatable bonds is 7. The minimum Gasteiger partial charge on any atom is -0.353 e. The van der Waals surface area contributed by atoms with Crippen molar-refractivity contribution < 1.29 is 0 Å². The molecule has 7 aromatic rings. The molecule has 0 unspecified atom stereocenters. The number of thiophene rings is 1. The van der Waals surface area contributed by atoms with Gasteiger partial charge in [0.25, 0.3) is 0 Å². The van der Waals surface area contributed by atoms with Crippen molar-refractivity contribution in [3.8, 4) is 33.1 Å². The van der Waals surface area contributed by atoms with Crippen molar-refractivity contribution in [2.24, 2.45) is 0 Å². The second kappa shape index (κ2) is 9.98. The summed E-state index contributed by atoms with van der Waals surface area (Å²) < 4.78 is 0. The Bertz CT molecular complexity index is 1910. The summed E-state index contributed by atoms with van der Waals surface area (Å²) in [7, 11) is 0. The van der Waals surface area contributed by atoms with Gasteiger partial charge in [0.2, 0.25) is 0 Å². The van der Waals surface area contributed by atoms with Gasteiger partial charge >= 0.3 is 0 Å². The van der Waals surface area contributed by atoms with Crippen molar-refractivity contribution in [3.63, 3.8) is 0 Å². The minimum atomic E-state index is 0.795. The third-order valence-corrected chi connectivity index (χ3v) is 8.09. The van der Waals surface area contributed by atoms with Crippen LogP contribution in [0.5, 0.6) is 0 Å². The maximum atomic E-state index is 5.07. The molecule has 5 nitrogen and oxygen atoms in total. The number of fused-ring (bicyclic) bond motifs is 2. The van der Waals surface area contributed by atoms with Crippen molar-refractivity contribution >= 4 is 33.3 Å². The molecular formula is C33H27N5S. The molecule has 6 heteroatoms. The average molecular weight is 526 g/mol. The number of H-pyrrole nitrogens is 2. The van der Waals surface area contributed by atoms with Crippen LogP contribution in [0.25, 0.3) is 55.0 Å². The largest absolute Gasteiger partial charge is 0.353 e. The van der Waals surface area contributed by atoms with E-state index >= 15 is 0 Å². The molecule has 0 radical (unpaired) electrons. The first-order valence-electron chi connectivity index (χ1n) is 13.1. The second-order valence-electron chi connectivity index (χ2n) is 9.81. The zero-order valence-electron chi connectivity index (χ0n) is 21.5. The number of aryl methyl sites for hydroxylation is 1. The summed E-state index contributed by atoms with van der Waals surface area (Å²) in [6.07, 6.45) is 0. The van der Waals surface area contributed by atoms with E-state index in [0.717, 1.165) is 52.3 Å². The van der Waals surface area contributed by atoms with Gasteiger partial charge in [0.05, 0.1) is 16.9 Å². The highest BCUT2D eigenvalue weighted by atomic mass is 32.1. The van der Waals surface area contributed by atoms with E-state index in [1.54, 1.807) is 0 Å². The Kier molecular flexibility index (Phi) is 6.04. The zero-order valence-corrected chi connectivity index (χ0v) is 22.3. The average Bonchev–Trinajstić information content (AvgIpc) is 3.71. The van der Waals surface area contributed by atoms with Crippen LogP contribution in [0, 0.1) is 6.92 Å². The second-order valence-corrected chi connectivity index (χ2v) is 11.1. The summed E-state index contributed by atoms with van der Waals surface area (Å²) in [5, 5.41) is 12.6. The molecule has 4 aromatic heterocycles. The fraction of sp³-hybridized carbons (Fsp3) is 0.0909. The standard InChI is InChI=1S/C33H27N5S/c1-21-13-16-31(39-21)25-11-6-12-28-26(25)18-30(35-28)33-32-29(37-38-33)15-14-27(36-32)24-10-5-9-23(17-24)20-34-19-22-7-3-2-4-8-22/h2-18,34-35H,19-20H2,1H3,(H,37,38). The van der Waals surface area contributed by atoms with Gasteiger partial charge < -0.3 is 10.3 Å². The monoisotopic (exact) mass is 525 g/mol. The number of aromatic nitrogens is 4. The van der Waals surface area contributed by atoms with Gasteiger partial charge in [0.15, 0.2) is 0 Å². The molecule has 3 aromatic carbocycles. The maximum Gasteiger partial charge on any atom is 0.135 e. The van der Waals surface area contributed by atoms with Crippen LogP contribution in [-0.4, -0.2) is 20.2 Å². The predicted octanol–water partition coefficient (Wildman–Crippen LogP) is 8.10. The van der Waals surface area contributed by atoms with Crippen LogP contribution in [0.1, 0.15) is 16.0 Å². The van der Waals surface area contributed by atoms with Gasteiger partial charge in [0, 0.05) is 44.9 Å². The van der Waals surface area contributed by atoms with E-state index in [9.17, 15) is 0 Å². The molecule has 3 N–H and O–H groups in total. The number of hydrogen-bond donors (Lipinski definition) is 3. The van der Waals surface area contributed by atoms with Crippen molar-refractivity contribution in [2.45, 2.75) is 20.0 Å².